The van der Waals surface area contributed by atoms with Gasteiger partial charge in [-0.15, -0.1) is 0 Å². The van der Waals surface area contributed by atoms with E-state index < -0.39 is 18.4 Å². The Labute approximate surface area is 186 Å². The monoisotopic (exact) mass is 598 g/mol. The van der Waals surface area contributed by atoms with E-state index in [1.165, 1.54) is 50.5 Å². The molecule has 0 aliphatic carbocycles. The Morgan fingerprint density at radius 3 is 1.69 bits per heavy atom. The van der Waals surface area contributed by atoms with Crippen LogP contribution in [0.5, 0.6) is 0 Å². The van der Waals surface area contributed by atoms with Crippen molar-refractivity contribution in [2.75, 3.05) is 0 Å². The van der Waals surface area contributed by atoms with Crippen LogP contribution in [0.15, 0.2) is 24.3 Å². The van der Waals surface area contributed by atoms with Crippen molar-refractivity contribution in [2.45, 2.75) is 100 Å². The third kappa shape index (κ3) is 7.81. The maximum atomic E-state index is 6.12. The molecule has 0 radical (unpaired) electrons. The molecule has 0 spiro atoms. The van der Waals surface area contributed by atoms with E-state index in [2.05, 4.69) is 81.5 Å². The quantitative estimate of drug-likeness (QED) is 0.121. The number of unbranched alkanes of at least 4 members (excludes halogenated alkanes) is 3. The van der Waals surface area contributed by atoms with E-state index in [4.69, 9.17) is 11.6 Å². The Morgan fingerprint density at radius 1 is 0.885 bits per heavy atom. The van der Waals surface area contributed by atoms with Crippen LogP contribution >= 0.6 is 34.2 Å². The summed E-state index contributed by atoms with van der Waals surface area (Å²) < 4.78 is 5.75. The van der Waals surface area contributed by atoms with Crippen molar-refractivity contribution in [3.8, 4) is 0 Å². The zero-order chi connectivity index (χ0) is 19.6. The molecule has 0 aliphatic rings. The van der Waals surface area contributed by atoms with Crippen molar-refractivity contribution in [1.29, 1.82) is 0 Å². The van der Waals surface area contributed by atoms with E-state index in [1.807, 2.05) is 0 Å². The van der Waals surface area contributed by atoms with Crippen LogP contribution in [0.1, 0.15) is 85.1 Å². The van der Waals surface area contributed by atoms with Gasteiger partial charge in [0.25, 0.3) is 0 Å². The first-order chi connectivity index (χ1) is 12.3. The van der Waals surface area contributed by atoms with Gasteiger partial charge in [-0.2, -0.15) is 0 Å². The second kappa shape index (κ2) is 12.6. The molecule has 150 valence electrons. The number of hydrogen-bond acceptors (Lipinski definition) is 0. The Morgan fingerprint density at radius 2 is 1.31 bits per heavy atom. The van der Waals surface area contributed by atoms with Gasteiger partial charge in [-0.1, -0.05) is 0 Å². The summed E-state index contributed by atoms with van der Waals surface area (Å²) in [7, 11) is 0. The molecule has 0 N–H and O–H groups in total. The molecule has 0 aliphatic heterocycles. The minimum absolute atomic E-state index is 0.239. The Balaban J connectivity index is 3.02. The fourth-order valence-corrected chi connectivity index (χ4v) is 28.2. The zero-order valence-electron chi connectivity index (χ0n) is 17.7. The van der Waals surface area contributed by atoms with Crippen molar-refractivity contribution < 1.29 is 0 Å². The zero-order valence-corrected chi connectivity index (χ0v) is 23.5. The third-order valence-electron chi connectivity index (χ3n) is 6.06. The number of halogens is 2. The van der Waals surface area contributed by atoms with Gasteiger partial charge >= 0.3 is 188 Å². The molecule has 0 heterocycles. The molecule has 0 saturated heterocycles. The predicted molar refractivity (Wildman–Crippen MR) is 132 cm³/mol. The number of benzene rings is 1. The van der Waals surface area contributed by atoms with E-state index in [9.17, 15) is 0 Å². The molecule has 1 unspecified atom stereocenters. The molecule has 1 aromatic carbocycles. The van der Waals surface area contributed by atoms with E-state index in [1.54, 1.807) is 13.3 Å². The molecular weight excluding hydrogens is 557 g/mol. The SMILES string of the molecule is CCC[CH2][Sn]([CH2]CCC)([CH2]CCC)[CH](I)CC(C)(C)c1ccc(Cl)cc1. The molecule has 1 aromatic rings. The van der Waals surface area contributed by atoms with Gasteiger partial charge in [0.2, 0.25) is 0 Å². The van der Waals surface area contributed by atoms with Gasteiger partial charge in [0, 0.05) is 0 Å². The van der Waals surface area contributed by atoms with E-state index in [0.717, 1.165) is 6.96 Å². The molecule has 0 fully saturated rings. The topological polar surface area (TPSA) is 0 Å². The number of alkyl halides is 1. The maximum absolute atomic E-state index is 6.12. The van der Waals surface area contributed by atoms with E-state index >= 15 is 0 Å². The summed E-state index contributed by atoms with van der Waals surface area (Å²) in [5.41, 5.74) is 1.69. The molecule has 0 nitrogen and oxygen atoms in total. The van der Waals surface area contributed by atoms with E-state index in [-0.39, 0.29) is 5.41 Å². The number of hydrogen-bond donors (Lipinski definition) is 0. The van der Waals surface area contributed by atoms with Crippen molar-refractivity contribution in [3.05, 3.63) is 34.9 Å². The van der Waals surface area contributed by atoms with Gasteiger partial charge in [-0.3, -0.25) is 0 Å². The van der Waals surface area contributed by atoms with Crippen molar-refractivity contribution in [2.24, 2.45) is 0 Å². The Kier molecular flexibility index (Phi) is 12.1. The average molecular weight is 598 g/mol. The number of rotatable bonds is 13. The fraction of sp³-hybridized carbons (Fsp3) is 0.739. The molecule has 0 amide bonds. The van der Waals surface area contributed by atoms with Crippen LogP contribution in [0.4, 0.5) is 0 Å². The summed E-state index contributed by atoms with van der Waals surface area (Å²) in [5.74, 6) is 0. The molecule has 1 rings (SSSR count). The van der Waals surface area contributed by atoms with Gasteiger partial charge in [0.1, 0.15) is 0 Å². The molecule has 1 atom stereocenters. The first-order valence-corrected chi connectivity index (χ1v) is 20.0. The Hall–Kier alpha value is 1.04. The van der Waals surface area contributed by atoms with Crippen LogP contribution in [0.25, 0.3) is 0 Å². The molecule has 26 heavy (non-hydrogen) atoms. The van der Waals surface area contributed by atoms with Crippen molar-refractivity contribution >= 4 is 52.6 Å². The molecule has 0 bridgehead atoms. The fourth-order valence-electron chi connectivity index (χ4n) is 4.11. The average Bonchev–Trinajstić information content (AvgIpc) is 2.61. The van der Waals surface area contributed by atoms with Crippen LogP contribution in [0.3, 0.4) is 0 Å². The first kappa shape index (κ1) is 25.1. The molecule has 0 aromatic heterocycles. The predicted octanol–water partition coefficient (Wildman–Crippen LogP) is 9.20. The van der Waals surface area contributed by atoms with Gasteiger partial charge in [0.15, 0.2) is 0 Å². The minimum atomic E-state index is -2.16. The second-order valence-corrected chi connectivity index (χ2v) is 28.1. The summed E-state index contributed by atoms with van der Waals surface area (Å²) in [5, 5.41) is 0.845. The molecule has 3 heteroatoms. The van der Waals surface area contributed by atoms with Crippen LogP contribution in [-0.2, 0) is 5.41 Å². The summed E-state index contributed by atoms with van der Waals surface area (Å²) in [6.07, 6.45) is 9.81. The first-order valence-electron chi connectivity index (χ1n) is 10.7. The van der Waals surface area contributed by atoms with Crippen LogP contribution in [-0.4, -0.2) is 20.3 Å². The van der Waals surface area contributed by atoms with Gasteiger partial charge in [-0.05, 0) is 0 Å². The van der Waals surface area contributed by atoms with Gasteiger partial charge in [-0.25, -0.2) is 0 Å². The van der Waals surface area contributed by atoms with E-state index in [0.29, 0.717) is 0 Å². The third-order valence-corrected chi connectivity index (χ3v) is 31.5. The molecule has 0 saturated carbocycles. The standard InChI is InChI=1S/C11H13ClI.3C4H9.Sn/c1-11(2,7-8-13)9-3-5-10(12)6-4-9;3*1-3-4-2;/h3-6,8H,7H2,1-2H3;3*1,3-4H2,2H3;. The van der Waals surface area contributed by atoms with Crippen LogP contribution < -0.4 is 0 Å². The Bertz CT molecular complexity index is 476. The normalized spacial score (nSPS) is 13.8. The summed E-state index contributed by atoms with van der Waals surface area (Å²) in [4.78, 5) is 0. The van der Waals surface area contributed by atoms with Crippen LogP contribution in [0, 0.1) is 0 Å². The second-order valence-electron chi connectivity index (χ2n) is 8.74. The van der Waals surface area contributed by atoms with Gasteiger partial charge in [0.05, 0.1) is 0 Å². The summed E-state index contributed by atoms with van der Waals surface area (Å²) in [6.45, 7) is 12.0. The summed E-state index contributed by atoms with van der Waals surface area (Å²) >= 11 is 6.87. The van der Waals surface area contributed by atoms with Crippen LogP contribution in [0.2, 0.25) is 18.3 Å². The molecular formula is C23H40ClISn. The summed E-state index contributed by atoms with van der Waals surface area (Å²) in [6, 6.07) is 8.60. The van der Waals surface area contributed by atoms with Crippen molar-refractivity contribution in [1.82, 2.24) is 0 Å². The van der Waals surface area contributed by atoms with Gasteiger partial charge < -0.3 is 0 Å². The van der Waals surface area contributed by atoms with Crippen molar-refractivity contribution in [3.63, 3.8) is 0 Å².